The van der Waals surface area contributed by atoms with E-state index in [-0.39, 0.29) is 11.9 Å². The molecule has 1 heterocycles. The van der Waals surface area contributed by atoms with Crippen LogP contribution in [0.2, 0.25) is 0 Å². The minimum Gasteiger partial charge on any atom is -0.466 e. The third kappa shape index (κ3) is 2.99. The lowest BCUT2D eigenvalue weighted by Crippen LogP contribution is -2.47. The zero-order valence-electron chi connectivity index (χ0n) is 11.6. The van der Waals surface area contributed by atoms with Crippen LogP contribution in [-0.2, 0) is 9.53 Å². The Labute approximate surface area is 104 Å². The normalized spacial score (nSPS) is 31.8. The van der Waals surface area contributed by atoms with E-state index in [1.165, 1.54) is 0 Å². The van der Waals surface area contributed by atoms with Crippen molar-refractivity contribution in [2.24, 2.45) is 11.8 Å². The third-order valence-electron chi connectivity index (χ3n) is 3.71. The molecule has 0 aromatic carbocycles. The molecule has 1 aliphatic rings. The van der Waals surface area contributed by atoms with Gasteiger partial charge in [0.2, 0.25) is 0 Å². The predicted molar refractivity (Wildman–Crippen MR) is 66.6 cm³/mol. The number of carbonyl (C=O) groups excluding carboxylic acids is 1. The molecule has 100 valence electrons. The average Bonchev–Trinajstić information content (AvgIpc) is 2.40. The molecule has 3 atom stereocenters. The lowest BCUT2D eigenvalue weighted by atomic mass is 9.78. The fourth-order valence-electron chi connectivity index (χ4n) is 2.89. The first-order valence-electron chi connectivity index (χ1n) is 6.41. The van der Waals surface area contributed by atoms with Crippen LogP contribution in [0.1, 0.15) is 34.1 Å². The van der Waals surface area contributed by atoms with Crippen molar-refractivity contribution < 1.29 is 14.6 Å². The van der Waals surface area contributed by atoms with Gasteiger partial charge in [0.05, 0.1) is 18.1 Å². The molecule has 4 nitrogen and oxygen atoms in total. The molecular weight excluding hydrogens is 218 g/mol. The lowest BCUT2D eigenvalue weighted by Gasteiger charge is -2.33. The number of esters is 1. The van der Waals surface area contributed by atoms with Crippen LogP contribution in [0.3, 0.4) is 0 Å². The summed E-state index contributed by atoms with van der Waals surface area (Å²) < 4.78 is 5.10. The highest BCUT2D eigenvalue weighted by Crippen LogP contribution is 2.36. The maximum absolute atomic E-state index is 12.0. The highest BCUT2D eigenvalue weighted by Gasteiger charge is 2.49. The van der Waals surface area contributed by atoms with E-state index < -0.39 is 11.5 Å². The lowest BCUT2D eigenvalue weighted by molar-refractivity contribution is -0.161. The van der Waals surface area contributed by atoms with Crippen LogP contribution in [0.4, 0.5) is 0 Å². The first kappa shape index (κ1) is 14.5. The van der Waals surface area contributed by atoms with Crippen molar-refractivity contribution in [1.82, 2.24) is 4.90 Å². The van der Waals surface area contributed by atoms with Gasteiger partial charge in [-0.05, 0) is 33.2 Å². The number of nitrogens with zero attached hydrogens (tertiary/aromatic N) is 1. The molecule has 0 aromatic rings. The molecule has 0 aromatic heterocycles. The second-order valence-electron chi connectivity index (χ2n) is 5.55. The summed E-state index contributed by atoms with van der Waals surface area (Å²) in [5, 5.41) is 10.7. The number of rotatable bonds is 4. The summed E-state index contributed by atoms with van der Waals surface area (Å²) in [6.45, 7) is 8.69. The Balaban J connectivity index is 2.88. The first-order chi connectivity index (χ1) is 7.81. The van der Waals surface area contributed by atoms with Crippen LogP contribution in [-0.4, -0.2) is 47.8 Å². The Kier molecular flexibility index (Phi) is 4.55. The molecule has 3 unspecified atom stereocenters. The van der Waals surface area contributed by atoms with E-state index in [1.54, 1.807) is 6.92 Å². The zero-order chi connectivity index (χ0) is 13.2. The number of hydrogen-bond donors (Lipinski definition) is 1. The van der Waals surface area contributed by atoms with Gasteiger partial charge in [-0.3, -0.25) is 4.79 Å². The monoisotopic (exact) mass is 243 g/mol. The highest BCUT2D eigenvalue weighted by atomic mass is 16.5. The molecule has 0 bridgehead atoms. The molecule has 17 heavy (non-hydrogen) atoms. The summed E-state index contributed by atoms with van der Waals surface area (Å²) in [4.78, 5) is 14.1. The SMILES string of the molecule is CCOC(=O)C(C(C)C)C1(O)CC(C)N(C)C1. The molecule has 0 amide bonds. The molecule has 1 saturated heterocycles. The van der Waals surface area contributed by atoms with Crippen molar-refractivity contribution in [3.8, 4) is 0 Å². The van der Waals surface area contributed by atoms with Crippen molar-refractivity contribution in [3.63, 3.8) is 0 Å². The molecule has 0 aliphatic carbocycles. The second-order valence-corrected chi connectivity index (χ2v) is 5.55. The van der Waals surface area contributed by atoms with Crippen LogP contribution in [0.15, 0.2) is 0 Å². The van der Waals surface area contributed by atoms with Crippen LogP contribution in [0.5, 0.6) is 0 Å². The summed E-state index contributed by atoms with van der Waals surface area (Å²) in [6, 6.07) is 0.302. The number of aliphatic hydroxyl groups is 1. The van der Waals surface area contributed by atoms with Gasteiger partial charge in [-0.25, -0.2) is 0 Å². The van der Waals surface area contributed by atoms with E-state index in [9.17, 15) is 9.90 Å². The van der Waals surface area contributed by atoms with Gasteiger partial charge < -0.3 is 14.7 Å². The molecular formula is C13H25NO3. The molecule has 0 spiro atoms. The number of likely N-dealkylation sites (tertiary alicyclic amines) is 1. The first-order valence-corrected chi connectivity index (χ1v) is 6.41. The minimum atomic E-state index is -0.950. The minimum absolute atomic E-state index is 0.0812. The van der Waals surface area contributed by atoms with Crippen LogP contribution in [0.25, 0.3) is 0 Å². The smallest absolute Gasteiger partial charge is 0.312 e. The molecule has 0 saturated carbocycles. The van der Waals surface area contributed by atoms with Gasteiger partial charge in [0.25, 0.3) is 0 Å². The van der Waals surface area contributed by atoms with E-state index in [4.69, 9.17) is 4.74 Å². The van der Waals surface area contributed by atoms with Crippen LogP contribution >= 0.6 is 0 Å². The van der Waals surface area contributed by atoms with Crippen molar-refractivity contribution in [2.45, 2.75) is 45.8 Å². The van der Waals surface area contributed by atoms with Gasteiger partial charge in [-0.15, -0.1) is 0 Å². The van der Waals surface area contributed by atoms with Crippen molar-refractivity contribution in [3.05, 3.63) is 0 Å². The molecule has 1 N–H and O–H groups in total. The average molecular weight is 243 g/mol. The largest absolute Gasteiger partial charge is 0.466 e. The van der Waals surface area contributed by atoms with Crippen LogP contribution in [0, 0.1) is 11.8 Å². The fourth-order valence-corrected chi connectivity index (χ4v) is 2.89. The van der Waals surface area contributed by atoms with E-state index in [2.05, 4.69) is 11.8 Å². The van der Waals surface area contributed by atoms with Gasteiger partial charge >= 0.3 is 5.97 Å². The number of hydrogen-bond acceptors (Lipinski definition) is 4. The summed E-state index contributed by atoms with van der Waals surface area (Å²) in [5.74, 6) is -0.625. The molecule has 0 radical (unpaired) electrons. The van der Waals surface area contributed by atoms with E-state index in [1.807, 2.05) is 20.9 Å². The Morgan fingerprint density at radius 3 is 2.53 bits per heavy atom. The van der Waals surface area contributed by atoms with E-state index in [0.29, 0.717) is 25.6 Å². The Bertz CT molecular complexity index is 268. The second kappa shape index (κ2) is 5.36. The maximum Gasteiger partial charge on any atom is 0.312 e. The number of carbonyl (C=O) groups is 1. The molecule has 1 fully saturated rings. The fraction of sp³-hybridized carbons (Fsp3) is 0.923. The van der Waals surface area contributed by atoms with Crippen LogP contribution < -0.4 is 0 Å². The van der Waals surface area contributed by atoms with E-state index >= 15 is 0 Å². The summed E-state index contributed by atoms with van der Waals surface area (Å²) in [6.07, 6.45) is 0.630. The Hall–Kier alpha value is -0.610. The Morgan fingerprint density at radius 1 is 1.59 bits per heavy atom. The summed E-state index contributed by atoms with van der Waals surface area (Å²) in [7, 11) is 1.98. The number of likely N-dealkylation sites (N-methyl/N-ethyl adjacent to an activating group) is 1. The zero-order valence-corrected chi connectivity index (χ0v) is 11.6. The van der Waals surface area contributed by atoms with Crippen molar-refractivity contribution in [2.75, 3.05) is 20.2 Å². The topological polar surface area (TPSA) is 49.8 Å². The molecule has 1 aliphatic heterocycles. The van der Waals surface area contributed by atoms with Gasteiger partial charge in [-0.2, -0.15) is 0 Å². The molecule has 1 rings (SSSR count). The van der Waals surface area contributed by atoms with Crippen molar-refractivity contribution in [1.29, 1.82) is 0 Å². The van der Waals surface area contributed by atoms with E-state index in [0.717, 1.165) is 0 Å². The van der Waals surface area contributed by atoms with Gasteiger partial charge in [0.15, 0.2) is 0 Å². The highest BCUT2D eigenvalue weighted by molar-refractivity contribution is 5.74. The summed E-state index contributed by atoms with van der Waals surface area (Å²) >= 11 is 0. The van der Waals surface area contributed by atoms with Gasteiger partial charge in [0, 0.05) is 12.6 Å². The summed E-state index contributed by atoms with van der Waals surface area (Å²) in [5.41, 5.74) is -0.950. The maximum atomic E-state index is 12.0. The number of ether oxygens (including phenoxy) is 1. The quantitative estimate of drug-likeness (QED) is 0.756. The van der Waals surface area contributed by atoms with Gasteiger partial charge in [0.1, 0.15) is 0 Å². The predicted octanol–water partition coefficient (Wildman–Crippen LogP) is 1.28. The molecule has 4 heteroatoms. The van der Waals surface area contributed by atoms with Gasteiger partial charge in [-0.1, -0.05) is 13.8 Å². The third-order valence-corrected chi connectivity index (χ3v) is 3.71. The van der Waals surface area contributed by atoms with Crippen molar-refractivity contribution >= 4 is 5.97 Å². The standard InChI is InChI=1S/C13H25NO3/c1-6-17-12(15)11(9(2)3)13(16)7-10(4)14(5)8-13/h9-11,16H,6-8H2,1-5H3. The Morgan fingerprint density at radius 2 is 2.18 bits per heavy atom. The number of β-amino-alcohol motifs (C(OH)–C–C–N with tert-alkyl or cyclic N) is 1.